The molecular formula is C16H28N4O2. The largest absolute Gasteiger partial charge is 0.394 e. The molecule has 2 unspecified atom stereocenters. The highest BCUT2D eigenvalue weighted by molar-refractivity contribution is 5.74. The Kier molecular flexibility index (Phi) is 5.11. The van der Waals surface area contributed by atoms with Gasteiger partial charge in [-0.1, -0.05) is 6.92 Å². The normalized spacial score (nSPS) is 18.6. The lowest BCUT2D eigenvalue weighted by Crippen LogP contribution is -2.54. The minimum Gasteiger partial charge on any atom is -0.394 e. The molecular weight excluding hydrogens is 280 g/mol. The maximum absolute atomic E-state index is 12.0. The van der Waals surface area contributed by atoms with Crippen molar-refractivity contribution in [1.82, 2.24) is 20.4 Å². The third kappa shape index (κ3) is 4.22. The van der Waals surface area contributed by atoms with Gasteiger partial charge >= 0.3 is 6.03 Å². The molecule has 2 amide bonds. The van der Waals surface area contributed by atoms with Crippen molar-refractivity contribution in [3.63, 3.8) is 0 Å². The summed E-state index contributed by atoms with van der Waals surface area (Å²) < 4.78 is 1.97. The van der Waals surface area contributed by atoms with E-state index in [4.69, 9.17) is 0 Å². The van der Waals surface area contributed by atoms with Crippen molar-refractivity contribution in [2.75, 3.05) is 13.2 Å². The van der Waals surface area contributed by atoms with Crippen LogP contribution in [0.4, 0.5) is 4.79 Å². The Morgan fingerprint density at radius 1 is 1.55 bits per heavy atom. The second-order valence-corrected chi connectivity index (χ2v) is 6.90. The van der Waals surface area contributed by atoms with Crippen molar-refractivity contribution in [3.05, 3.63) is 17.5 Å². The number of amides is 2. The van der Waals surface area contributed by atoms with Crippen molar-refractivity contribution in [2.24, 2.45) is 11.8 Å². The lowest BCUT2D eigenvalue weighted by molar-refractivity contribution is 0.154. The van der Waals surface area contributed by atoms with Crippen LogP contribution in [0.3, 0.4) is 0 Å². The summed E-state index contributed by atoms with van der Waals surface area (Å²) in [6, 6.07) is 1.85. The Labute approximate surface area is 132 Å². The SMILES string of the molecule is Cc1cc(C)n(CC(C)CNC(=O)NC(C)(CO)C2CC2)n1. The van der Waals surface area contributed by atoms with E-state index < -0.39 is 5.54 Å². The van der Waals surface area contributed by atoms with Gasteiger partial charge in [-0.25, -0.2) is 4.79 Å². The first-order valence-electron chi connectivity index (χ1n) is 8.02. The molecule has 0 aromatic carbocycles. The molecule has 1 aromatic heterocycles. The fourth-order valence-electron chi connectivity index (χ4n) is 2.78. The first-order valence-corrected chi connectivity index (χ1v) is 8.02. The molecule has 6 nitrogen and oxygen atoms in total. The number of aromatic nitrogens is 2. The maximum atomic E-state index is 12.0. The highest BCUT2D eigenvalue weighted by Crippen LogP contribution is 2.39. The summed E-state index contributed by atoms with van der Waals surface area (Å²) in [7, 11) is 0. The number of aliphatic hydroxyl groups excluding tert-OH is 1. The van der Waals surface area contributed by atoms with Gasteiger partial charge in [0.05, 0.1) is 17.8 Å². The van der Waals surface area contributed by atoms with Crippen molar-refractivity contribution >= 4 is 6.03 Å². The second kappa shape index (κ2) is 6.69. The molecule has 1 aliphatic rings. The lowest BCUT2D eigenvalue weighted by atomic mass is 9.97. The fraction of sp³-hybridized carbons (Fsp3) is 0.750. The van der Waals surface area contributed by atoms with E-state index in [0.717, 1.165) is 30.8 Å². The molecule has 0 saturated heterocycles. The van der Waals surface area contributed by atoms with Gasteiger partial charge in [-0.05, 0) is 51.5 Å². The van der Waals surface area contributed by atoms with Gasteiger partial charge in [0.1, 0.15) is 0 Å². The first kappa shape index (κ1) is 16.8. The van der Waals surface area contributed by atoms with Crippen LogP contribution in [-0.4, -0.2) is 39.6 Å². The van der Waals surface area contributed by atoms with Crippen LogP contribution >= 0.6 is 0 Å². The number of carbonyl (C=O) groups is 1. The van der Waals surface area contributed by atoms with Gasteiger partial charge in [0.15, 0.2) is 0 Å². The van der Waals surface area contributed by atoms with Gasteiger partial charge in [0.2, 0.25) is 0 Å². The predicted molar refractivity (Wildman–Crippen MR) is 85.6 cm³/mol. The number of carbonyl (C=O) groups excluding carboxylic acids is 1. The zero-order chi connectivity index (χ0) is 16.3. The molecule has 2 atom stereocenters. The van der Waals surface area contributed by atoms with Crippen LogP contribution in [0.2, 0.25) is 0 Å². The molecule has 1 heterocycles. The fourth-order valence-corrected chi connectivity index (χ4v) is 2.78. The number of hydrogen-bond donors (Lipinski definition) is 3. The zero-order valence-electron chi connectivity index (χ0n) is 14.0. The van der Waals surface area contributed by atoms with E-state index in [9.17, 15) is 9.90 Å². The van der Waals surface area contributed by atoms with Gasteiger partial charge in [0, 0.05) is 18.8 Å². The van der Waals surface area contributed by atoms with Gasteiger partial charge < -0.3 is 15.7 Å². The maximum Gasteiger partial charge on any atom is 0.315 e. The van der Waals surface area contributed by atoms with E-state index in [1.165, 1.54) is 0 Å². The number of aliphatic hydroxyl groups is 1. The third-order valence-corrected chi connectivity index (χ3v) is 4.40. The van der Waals surface area contributed by atoms with Crippen molar-refractivity contribution in [1.29, 1.82) is 0 Å². The molecule has 22 heavy (non-hydrogen) atoms. The smallest absolute Gasteiger partial charge is 0.315 e. The van der Waals surface area contributed by atoms with Crippen LogP contribution in [0.1, 0.15) is 38.1 Å². The molecule has 6 heteroatoms. The number of nitrogens with zero attached hydrogens (tertiary/aromatic N) is 2. The van der Waals surface area contributed by atoms with Gasteiger partial charge in [0.25, 0.3) is 0 Å². The second-order valence-electron chi connectivity index (χ2n) is 6.90. The summed E-state index contributed by atoms with van der Waals surface area (Å²) in [5.41, 5.74) is 1.65. The molecule has 3 N–H and O–H groups in total. The summed E-state index contributed by atoms with van der Waals surface area (Å²) in [5.74, 6) is 0.681. The molecule has 1 aromatic rings. The van der Waals surface area contributed by atoms with Crippen molar-refractivity contribution in [3.8, 4) is 0 Å². The van der Waals surface area contributed by atoms with Crippen LogP contribution in [0, 0.1) is 25.7 Å². The van der Waals surface area contributed by atoms with Gasteiger partial charge in [-0.2, -0.15) is 5.10 Å². The average molecular weight is 308 g/mol. The van der Waals surface area contributed by atoms with Crippen LogP contribution in [0.25, 0.3) is 0 Å². The van der Waals surface area contributed by atoms with E-state index >= 15 is 0 Å². The van der Waals surface area contributed by atoms with Crippen LogP contribution in [0.5, 0.6) is 0 Å². The number of rotatable bonds is 7. The Bertz CT molecular complexity index is 524. The average Bonchev–Trinajstić information content (AvgIpc) is 3.25. The summed E-state index contributed by atoms with van der Waals surface area (Å²) in [4.78, 5) is 12.0. The van der Waals surface area contributed by atoms with E-state index in [1.54, 1.807) is 0 Å². The van der Waals surface area contributed by atoms with E-state index in [1.807, 2.05) is 25.5 Å². The number of nitrogens with one attached hydrogen (secondary N) is 2. The monoisotopic (exact) mass is 308 g/mol. The Morgan fingerprint density at radius 3 is 2.73 bits per heavy atom. The molecule has 124 valence electrons. The standard InChI is InChI=1S/C16H28N4O2/c1-11(9-20-13(3)7-12(2)19-20)8-17-15(22)18-16(4,10-21)14-5-6-14/h7,11,14,21H,5-6,8-10H2,1-4H3,(H2,17,18,22). The Morgan fingerprint density at radius 2 is 2.23 bits per heavy atom. The topological polar surface area (TPSA) is 79.2 Å². The third-order valence-electron chi connectivity index (χ3n) is 4.40. The van der Waals surface area contributed by atoms with Crippen LogP contribution < -0.4 is 10.6 Å². The van der Waals surface area contributed by atoms with Gasteiger partial charge in [-0.15, -0.1) is 0 Å². The molecule has 1 aliphatic carbocycles. The Balaban J connectivity index is 1.77. The number of hydrogen-bond acceptors (Lipinski definition) is 3. The summed E-state index contributed by atoms with van der Waals surface area (Å²) in [6.07, 6.45) is 2.15. The molecule has 0 bridgehead atoms. The van der Waals surface area contributed by atoms with Crippen molar-refractivity contribution in [2.45, 2.75) is 52.6 Å². The van der Waals surface area contributed by atoms with E-state index in [0.29, 0.717) is 12.5 Å². The highest BCUT2D eigenvalue weighted by atomic mass is 16.3. The molecule has 2 rings (SSSR count). The van der Waals surface area contributed by atoms with E-state index in [2.05, 4.69) is 28.7 Å². The van der Waals surface area contributed by atoms with Gasteiger partial charge in [-0.3, -0.25) is 4.68 Å². The molecule has 1 fully saturated rings. The minimum atomic E-state index is -0.497. The number of urea groups is 1. The zero-order valence-corrected chi connectivity index (χ0v) is 14.0. The summed E-state index contributed by atoms with van der Waals surface area (Å²) in [6.45, 7) is 9.34. The summed E-state index contributed by atoms with van der Waals surface area (Å²) in [5, 5.41) is 19.7. The van der Waals surface area contributed by atoms with Crippen molar-refractivity contribution < 1.29 is 9.90 Å². The first-order chi connectivity index (χ1) is 10.3. The van der Waals surface area contributed by atoms with E-state index in [-0.39, 0.29) is 18.6 Å². The quantitative estimate of drug-likeness (QED) is 0.716. The predicted octanol–water partition coefficient (Wildman–Crippen LogP) is 1.60. The number of aryl methyl sites for hydroxylation is 2. The Hall–Kier alpha value is -1.56. The molecule has 0 aliphatic heterocycles. The van der Waals surface area contributed by atoms with Crippen LogP contribution in [-0.2, 0) is 6.54 Å². The molecule has 0 spiro atoms. The highest BCUT2D eigenvalue weighted by Gasteiger charge is 2.42. The molecule has 1 saturated carbocycles. The molecule has 0 radical (unpaired) electrons. The van der Waals surface area contributed by atoms with Crippen LogP contribution in [0.15, 0.2) is 6.07 Å². The minimum absolute atomic E-state index is 0.0214. The lowest BCUT2D eigenvalue weighted by Gasteiger charge is -2.29. The summed E-state index contributed by atoms with van der Waals surface area (Å²) >= 11 is 0.